The average molecular weight is 218 g/mol. The summed E-state index contributed by atoms with van der Waals surface area (Å²) in [7, 11) is 0. The number of rotatable bonds is 3. The minimum Gasteiger partial charge on any atom is -0.324 e. The van der Waals surface area contributed by atoms with Crippen molar-refractivity contribution in [3.8, 4) is 0 Å². The van der Waals surface area contributed by atoms with Gasteiger partial charge in [-0.25, -0.2) is 0 Å². The Labute approximate surface area is 90.9 Å². The van der Waals surface area contributed by atoms with Gasteiger partial charge in [-0.3, -0.25) is 4.39 Å². The molecule has 1 atom stereocenters. The molecule has 0 unspecified atom stereocenters. The highest BCUT2D eigenvalue weighted by Gasteiger charge is 2.10. The Hall–Kier alpha value is -0.600. The number of halogens is 2. The summed E-state index contributed by atoms with van der Waals surface area (Å²) in [6, 6.07) is 5.86. The van der Waals surface area contributed by atoms with Gasteiger partial charge in [0.1, 0.15) is 0 Å². The van der Waals surface area contributed by atoms with Gasteiger partial charge < -0.3 is 5.73 Å². The highest BCUT2D eigenvalue weighted by Crippen LogP contribution is 2.22. The molecule has 0 aromatic heterocycles. The zero-order valence-electron chi connectivity index (χ0n) is 8.59. The molecule has 0 fully saturated rings. The zero-order chi connectivity index (χ0) is 9.84. The van der Waals surface area contributed by atoms with Crippen molar-refractivity contribution in [2.75, 3.05) is 6.67 Å². The van der Waals surface area contributed by atoms with Gasteiger partial charge in [0.05, 0.1) is 6.67 Å². The molecule has 0 aliphatic carbocycles. The minimum atomic E-state index is -0.352. The summed E-state index contributed by atoms with van der Waals surface area (Å²) in [4.78, 5) is 0. The summed E-state index contributed by atoms with van der Waals surface area (Å²) in [6.45, 7) is 3.68. The summed E-state index contributed by atoms with van der Waals surface area (Å²) in [5.74, 6) is 0. The highest BCUT2D eigenvalue weighted by atomic mass is 35.5. The van der Waals surface area contributed by atoms with Gasteiger partial charge in [-0.05, 0) is 37.0 Å². The van der Waals surface area contributed by atoms with Crippen LogP contribution in [0.15, 0.2) is 18.2 Å². The minimum absolute atomic E-state index is 0. The maximum atomic E-state index is 12.1. The average Bonchev–Trinajstić information content (AvgIpc) is 2.04. The van der Waals surface area contributed by atoms with Crippen LogP contribution in [0.2, 0.25) is 0 Å². The van der Waals surface area contributed by atoms with Crippen molar-refractivity contribution in [2.24, 2.45) is 5.73 Å². The van der Waals surface area contributed by atoms with Gasteiger partial charge >= 0.3 is 0 Å². The smallest absolute Gasteiger partial charge is 0.0912 e. The molecule has 1 aromatic rings. The van der Waals surface area contributed by atoms with Crippen molar-refractivity contribution < 1.29 is 4.39 Å². The Morgan fingerprint density at radius 1 is 1.29 bits per heavy atom. The molecule has 0 spiro atoms. The summed E-state index contributed by atoms with van der Waals surface area (Å²) >= 11 is 0. The molecule has 0 heterocycles. The Balaban J connectivity index is 0.00000169. The third kappa shape index (κ3) is 2.96. The SMILES string of the molecule is Cc1cccc(C)c1[C@H](N)CCF.Cl. The van der Waals surface area contributed by atoms with E-state index < -0.39 is 0 Å². The third-order valence-electron chi connectivity index (χ3n) is 2.33. The van der Waals surface area contributed by atoms with Crippen LogP contribution >= 0.6 is 12.4 Å². The molecule has 2 N–H and O–H groups in total. The normalized spacial score (nSPS) is 12.0. The molecule has 1 aromatic carbocycles. The molecular formula is C11H17ClFN. The first kappa shape index (κ1) is 13.4. The van der Waals surface area contributed by atoms with Crippen LogP contribution in [0.3, 0.4) is 0 Å². The van der Waals surface area contributed by atoms with Gasteiger partial charge in [0.2, 0.25) is 0 Å². The fraction of sp³-hybridized carbons (Fsp3) is 0.455. The Morgan fingerprint density at radius 3 is 2.21 bits per heavy atom. The van der Waals surface area contributed by atoms with Crippen molar-refractivity contribution in [3.05, 3.63) is 34.9 Å². The predicted molar refractivity (Wildman–Crippen MR) is 60.7 cm³/mol. The predicted octanol–water partition coefficient (Wildman–Crippen LogP) is 3.08. The largest absolute Gasteiger partial charge is 0.324 e. The molecule has 0 bridgehead atoms. The molecule has 0 saturated carbocycles. The number of hydrogen-bond acceptors (Lipinski definition) is 1. The monoisotopic (exact) mass is 217 g/mol. The molecule has 1 rings (SSSR count). The lowest BCUT2D eigenvalue weighted by molar-refractivity contribution is 0.441. The van der Waals surface area contributed by atoms with E-state index in [0.717, 1.165) is 16.7 Å². The lowest BCUT2D eigenvalue weighted by Crippen LogP contribution is -2.13. The summed E-state index contributed by atoms with van der Waals surface area (Å²) in [5.41, 5.74) is 9.27. The van der Waals surface area contributed by atoms with Gasteiger partial charge in [-0.1, -0.05) is 18.2 Å². The van der Waals surface area contributed by atoms with Gasteiger partial charge in [-0.2, -0.15) is 0 Å². The molecule has 0 aliphatic heterocycles. The molecule has 0 saturated heterocycles. The molecule has 1 nitrogen and oxygen atoms in total. The van der Waals surface area contributed by atoms with E-state index in [-0.39, 0.29) is 25.1 Å². The Kier molecular flexibility index (Phi) is 5.73. The van der Waals surface area contributed by atoms with Crippen LogP contribution in [0.1, 0.15) is 29.2 Å². The van der Waals surface area contributed by atoms with Crippen molar-refractivity contribution in [1.82, 2.24) is 0 Å². The molecular weight excluding hydrogens is 201 g/mol. The molecule has 0 radical (unpaired) electrons. The van der Waals surface area contributed by atoms with E-state index in [4.69, 9.17) is 5.73 Å². The molecule has 3 heteroatoms. The summed E-state index contributed by atoms with van der Waals surface area (Å²) < 4.78 is 12.1. The second kappa shape index (κ2) is 5.99. The number of nitrogens with two attached hydrogens (primary N) is 1. The fourth-order valence-electron chi connectivity index (χ4n) is 1.67. The van der Waals surface area contributed by atoms with E-state index >= 15 is 0 Å². The van der Waals surface area contributed by atoms with Crippen molar-refractivity contribution in [1.29, 1.82) is 0 Å². The standard InChI is InChI=1S/C11H16FN.ClH/c1-8-4-3-5-9(2)11(8)10(13)6-7-12;/h3-5,10H,6-7,13H2,1-2H3;1H/t10-;/m1./s1. The quantitative estimate of drug-likeness (QED) is 0.828. The van der Waals surface area contributed by atoms with Crippen molar-refractivity contribution >= 4 is 12.4 Å². The second-order valence-electron chi connectivity index (χ2n) is 3.39. The first-order chi connectivity index (χ1) is 6.16. The van der Waals surface area contributed by atoms with E-state index in [9.17, 15) is 4.39 Å². The van der Waals surface area contributed by atoms with Crippen LogP contribution in [-0.4, -0.2) is 6.67 Å². The van der Waals surface area contributed by atoms with Crippen LogP contribution in [0, 0.1) is 13.8 Å². The Bertz CT molecular complexity index is 268. The lowest BCUT2D eigenvalue weighted by Gasteiger charge is -2.15. The number of aryl methyl sites for hydroxylation is 2. The highest BCUT2D eigenvalue weighted by molar-refractivity contribution is 5.85. The van der Waals surface area contributed by atoms with Gasteiger partial charge in [-0.15, -0.1) is 12.4 Å². The molecule has 80 valence electrons. The van der Waals surface area contributed by atoms with E-state index in [1.807, 2.05) is 32.0 Å². The third-order valence-corrected chi connectivity index (χ3v) is 2.33. The van der Waals surface area contributed by atoms with Crippen molar-refractivity contribution in [3.63, 3.8) is 0 Å². The number of benzene rings is 1. The van der Waals surface area contributed by atoms with Crippen LogP contribution in [0.5, 0.6) is 0 Å². The lowest BCUT2D eigenvalue weighted by atomic mass is 9.95. The number of hydrogen-bond donors (Lipinski definition) is 1. The van der Waals surface area contributed by atoms with Crippen LogP contribution < -0.4 is 5.73 Å². The molecule has 0 amide bonds. The summed E-state index contributed by atoms with van der Waals surface area (Å²) in [5, 5.41) is 0. The zero-order valence-corrected chi connectivity index (χ0v) is 9.40. The fourth-order valence-corrected chi connectivity index (χ4v) is 1.67. The van der Waals surface area contributed by atoms with Crippen molar-refractivity contribution in [2.45, 2.75) is 26.3 Å². The summed E-state index contributed by atoms with van der Waals surface area (Å²) in [6.07, 6.45) is 0.408. The maximum absolute atomic E-state index is 12.1. The van der Waals surface area contributed by atoms with Crippen LogP contribution in [0.4, 0.5) is 4.39 Å². The Morgan fingerprint density at radius 2 is 1.79 bits per heavy atom. The van der Waals surface area contributed by atoms with Gasteiger partial charge in [0.15, 0.2) is 0 Å². The maximum Gasteiger partial charge on any atom is 0.0912 e. The second-order valence-corrected chi connectivity index (χ2v) is 3.39. The van der Waals surface area contributed by atoms with Gasteiger partial charge in [0.25, 0.3) is 0 Å². The topological polar surface area (TPSA) is 26.0 Å². The van der Waals surface area contributed by atoms with Crippen LogP contribution in [-0.2, 0) is 0 Å². The van der Waals surface area contributed by atoms with E-state index in [1.165, 1.54) is 0 Å². The first-order valence-electron chi connectivity index (χ1n) is 4.54. The van der Waals surface area contributed by atoms with E-state index in [2.05, 4.69) is 0 Å². The number of alkyl halides is 1. The first-order valence-corrected chi connectivity index (χ1v) is 4.54. The van der Waals surface area contributed by atoms with Gasteiger partial charge in [0, 0.05) is 6.04 Å². The molecule has 0 aliphatic rings. The molecule has 14 heavy (non-hydrogen) atoms. The van der Waals surface area contributed by atoms with Crippen LogP contribution in [0.25, 0.3) is 0 Å². The van der Waals surface area contributed by atoms with E-state index in [1.54, 1.807) is 0 Å². The van der Waals surface area contributed by atoms with E-state index in [0.29, 0.717) is 6.42 Å².